The van der Waals surface area contributed by atoms with Gasteiger partial charge in [0.2, 0.25) is 0 Å². The zero-order valence-electron chi connectivity index (χ0n) is 13.9. The van der Waals surface area contributed by atoms with E-state index in [0.717, 1.165) is 31.6 Å². The van der Waals surface area contributed by atoms with E-state index in [4.69, 9.17) is 9.47 Å². The number of amides is 1. The Labute approximate surface area is 133 Å². The van der Waals surface area contributed by atoms with Crippen LogP contribution in [0.5, 0.6) is 11.5 Å². The van der Waals surface area contributed by atoms with E-state index < -0.39 is 0 Å². The highest BCUT2D eigenvalue weighted by Gasteiger charge is 2.03. The molecule has 0 aliphatic carbocycles. The summed E-state index contributed by atoms with van der Waals surface area (Å²) in [4.78, 5) is 13.8. The van der Waals surface area contributed by atoms with Crippen molar-refractivity contribution in [3.05, 3.63) is 24.3 Å². The molecule has 0 aliphatic heterocycles. The molecular formula is C17H28N2O3. The van der Waals surface area contributed by atoms with Crippen molar-refractivity contribution in [2.45, 2.75) is 26.2 Å². The lowest BCUT2D eigenvalue weighted by atomic mass is 10.3. The predicted molar refractivity (Wildman–Crippen MR) is 88.5 cm³/mol. The van der Waals surface area contributed by atoms with Gasteiger partial charge in [-0.2, -0.15) is 0 Å². The summed E-state index contributed by atoms with van der Waals surface area (Å²) in [5, 5.41) is 2.84. The Balaban J connectivity index is 2.25. The number of hydrogen-bond donors (Lipinski definition) is 1. The molecule has 5 heteroatoms. The summed E-state index contributed by atoms with van der Waals surface area (Å²) in [6.45, 7) is 4.48. The minimum atomic E-state index is -0.101. The minimum Gasteiger partial charge on any atom is -0.493 e. The van der Waals surface area contributed by atoms with Gasteiger partial charge < -0.3 is 19.7 Å². The second-order valence-electron chi connectivity index (χ2n) is 5.47. The lowest BCUT2D eigenvalue weighted by Crippen LogP contribution is -2.31. The number of nitrogens with zero attached hydrogens (tertiary/aromatic N) is 1. The summed E-state index contributed by atoms with van der Waals surface area (Å²) >= 11 is 0. The molecule has 1 amide bonds. The van der Waals surface area contributed by atoms with Crippen LogP contribution in [0, 0.1) is 0 Å². The molecular weight excluding hydrogens is 280 g/mol. The summed E-state index contributed by atoms with van der Waals surface area (Å²) in [7, 11) is 4.03. The highest BCUT2D eigenvalue weighted by atomic mass is 16.5. The van der Waals surface area contributed by atoms with Gasteiger partial charge in [-0.3, -0.25) is 4.79 Å². The molecule has 0 aliphatic rings. The summed E-state index contributed by atoms with van der Waals surface area (Å²) in [6.07, 6.45) is 3.06. The summed E-state index contributed by atoms with van der Waals surface area (Å²) < 4.78 is 11.1. The van der Waals surface area contributed by atoms with Crippen molar-refractivity contribution in [1.29, 1.82) is 0 Å². The van der Waals surface area contributed by atoms with Gasteiger partial charge in [-0.15, -0.1) is 0 Å². The lowest BCUT2D eigenvalue weighted by molar-refractivity contribution is -0.123. The van der Waals surface area contributed by atoms with Gasteiger partial charge >= 0.3 is 0 Å². The van der Waals surface area contributed by atoms with Crippen molar-refractivity contribution in [3.8, 4) is 11.5 Å². The molecule has 0 aromatic heterocycles. The molecule has 1 rings (SSSR count). The van der Waals surface area contributed by atoms with E-state index in [0.29, 0.717) is 18.9 Å². The molecule has 124 valence electrons. The molecule has 0 spiro atoms. The lowest BCUT2D eigenvalue weighted by Gasteiger charge is -2.11. The number of carbonyl (C=O) groups excluding carboxylic acids is 1. The zero-order valence-corrected chi connectivity index (χ0v) is 13.9. The molecule has 0 radical (unpaired) electrons. The van der Waals surface area contributed by atoms with Crippen molar-refractivity contribution in [2.75, 3.05) is 40.4 Å². The fourth-order valence-electron chi connectivity index (χ4n) is 1.81. The first kappa shape index (κ1) is 18.3. The number of ether oxygens (including phenoxy) is 2. The molecule has 1 aromatic carbocycles. The number of hydrogen-bond acceptors (Lipinski definition) is 4. The number of nitrogens with one attached hydrogen (secondary N) is 1. The van der Waals surface area contributed by atoms with Gasteiger partial charge in [0, 0.05) is 12.6 Å². The molecule has 0 bridgehead atoms. The van der Waals surface area contributed by atoms with Gasteiger partial charge in [-0.05, 0) is 45.6 Å². The van der Waals surface area contributed by atoms with Gasteiger partial charge in [-0.25, -0.2) is 0 Å². The third-order valence-electron chi connectivity index (χ3n) is 3.05. The minimum absolute atomic E-state index is 0.0282. The van der Waals surface area contributed by atoms with Crippen LogP contribution >= 0.6 is 0 Å². The third kappa shape index (κ3) is 8.52. The Bertz CT molecular complexity index is 436. The first-order valence-corrected chi connectivity index (χ1v) is 7.89. The second-order valence-corrected chi connectivity index (χ2v) is 5.47. The average molecular weight is 308 g/mol. The topological polar surface area (TPSA) is 50.8 Å². The van der Waals surface area contributed by atoms with Gasteiger partial charge in [0.15, 0.2) is 6.61 Å². The zero-order chi connectivity index (χ0) is 16.2. The van der Waals surface area contributed by atoms with Crippen molar-refractivity contribution >= 4 is 5.91 Å². The molecule has 1 N–H and O–H groups in total. The molecule has 0 atom stereocenters. The maximum absolute atomic E-state index is 11.7. The molecule has 0 saturated carbocycles. The van der Waals surface area contributed by atoms with Crippen molar-refractivity contribution in [1.82, 2.24) is 10.2 Å². The smallest absolute Gasteiger partial charge is 0.257 e. The van der Waals surface area contributed by atoms with Crippen LogP contribution in [0.15, 0.2) is 24.3 Å². The largest absolute Gasteiger partial charge is 0.493 e. The van der Waals surface area contributed by atoms with Crippen LogP contribution in [0.25, 0.3) is 0 Å². The monoisotopic (exact) mass is 308 g/mol. The number of benzene rings is 1. The van der Waals surface area contributed by atoms with Crippen LogP contribution in [0.1, 0.15) is 26.2 Å². The van der Waals surface area contributed by atoms with Crippen LogP contribution < -0.4 is 14.8 Å². The quantitative estimate of drug-likeness (QED) is 0.637. The predicted octanol–water partition coefficient (Wildman–Crippen LogP) is 2.31. The molecule has 0 saturated heterocycles. The Morgan fingerprint density at radius 2 is 1.91 bits per heavy atom. The standard InChI is InChI=1S/C17H28N2O3/c1-4-5-12-21-15-8-6-9-16(13-15)22-14-17(20)18-10-7-11-19(2)3/h6,8-9,13H,4-5,7,10-12,14H2,1-3H3,(H,18,20). The number of carbonyl (C=O) groups is 1. The Kier molecular flexibility index (Phi) is 9.07. The second kappa shape index (κ2) is 10.9. The van der Waals surface area contributed by atoms with Crippen molar-refractivity contribution in [2.24, 2.45) is 0 Å². The van der Waals surface area contributed by atoms with E-state index in [1.807, 2.05) is 38.4 Å². The Hall–Kier alpha value is -1.75. The van der Waals surface area contributed by atoms with Gasteiger partial charge in [0.05, 0.1) is 6.61 Å². The van der Waals surface area contributed by atoms with Crippen LogP contribution in [0.3, 0.4) is 0 Å². The van der Waals surface area contributed by atoms with Gasteiger partial charge in [-0.1, -0.05) is 19.4 Å². The SMILES string of the molecule is CCCCOc1cccc(OCC(=O)NCCCN(C)C)c1. The van der Waals surface area contributed by atoms with E-state index >= 15 is 0 Å². The molecule has 0 heterocycles. The summed E-state index contributed by atoms with van der Waals surface area (Å²) in [5.41, 5.74) is 0. The van der Waals surface area contributed by atoms with Gasteiger partial charge in [0.25, 0.3) is 5.91 Å². The fraction of sp³-hybridized carbons (Fsp3) is 0.588. The Morgan fingerprint density at radius 1 is 1.18 bits per heavy atom. The summed E-state index contributed by atoms with van der Waals surface area (Å²) in [6, 6.07) is 7.40. The van der Waals surface area contributed by atoms with E-state index in [9.17, 15) is 4.79 Å². The maximum atomic E-state index is 11.7. The molecule has 0 unspecified atom stereocenters. The van der Waals surface area contributed by atoms with Crippen LogP contribution in [-0.4, -0.2) is 51.2 Å². The highest BCUT2D eigenvalue weighted by Crippen LogP contribution is 2.19. The van der Waals surface area contributed by atoms with Gasteiger partial charge in [0.1, 0.15) is 11.5 Å². The first-order valence-electron chi connectivity index (χ1n) is 7.89. The number of rotatable bonds is 11. The maximum Gasteiger partial charge on any atom is 0.257 e. The molecule has 1 aromatic rings. The van der Waals surface area contributed by atoms with Crippen LogP contribution in [0.2, 0.25) is 0 Å². The van der Waals surface area contributed by atoms with Crippen LogP contribution in [-0.2, 0) is 4.79 Å². The van der Waals surface area contributed by atoms with Crippen LogP contribution in [0.4, 0.5) is 0 Å². The fourth-order valence-corrected chi connectivity index (χ4v) is 1.81. The van der Waals surface area contributed by atoms with Crippen molar-refractivity contribution < 1.29 is 14.3 Å². The molecule has 5 nitrogen and oxygen atoms in total. The summed E-state index contributed by atoms with van der Waals surface area (Å²) in [5.74, 6) is 1.32. The number of unbranched alkanes of at least 4 members (excludes halogenated alkanes) is 1. The highest BCUT2D eigenvalue weighted by molar-refractivity contribution is 5.77. The normalized spacial score (nSPS) is 10.5. The van der Waals surface area contributed by atoms with E-state index in [2.05, 4.69) is 17.1 Å². The molecule has 22 heavy (non-hydrogen) atoms. The third-order valence-corrected chi connectivity index (χ3v) is 3.05. The Morgan fingerprint density at radius 3 is 2.59 bits per heavy atom. The molecule has 0 fully saturated rings. The first-order chi connectivity index (χ1) is 10.6. The van der Waals surface area contributed by atoms with E-state index in [1.165, 1.54) is 0 Å². The van der Waals surface area contributed by atoms with E-state index in [1.54, 1.807) is 0 Å². The van der Waals surface area contributed by atoms with E-state index in [-0.39, 0.29) is 12.5 Å². The van der Waals surface area contributed by atoms with Crippen molar-refractivity contribution in [3.63, 3.8) is 0 Å². The average Bonchev–Trinajstić information content (AvgIpc) is 2.50.